The number of benzene rings is 1. The second-order valence-electron chi connectivity index (χ2n) is 3.05. The van der Waals surface area contributed by atoms with Gasteiger partial charge in [0.15, 0.2) is 6.29 Å². The lowest BCUT2D eigenvalue weighted by Gasteiger charge is -1.97. The molecule has 0 atom stereocenters. The summed E-state index contributed by atoms with van der Waals surface area (Å²) in [5.41, 5.74) is 1.33. The molecule has 0 aliphatic carbocycles. The van der Waals surface area contributed by atoms with Gasteiger partial charge < -0.3 is 9.47 Å². The monoisotopic (exact) mass is 218 g/mol. The second kappa shape index (κ2) is 7.63. The van der Waals surface area contributed by atoms with Gasteiger partial charge >= 0.3 is 0 Å². The van der Waals surface area contributed by atoms with E-state index in [9.17, 15) is 4.79 Å². The van der Waals surface area contributed by atoms with E-state index in [1.54, 1.807) is 13.2 Å². The van der Waals surface area contributed by atoms with Crippen molar-refractivity contribution in [2.75, 3.05) is 26.9 Å². The van der Waals surface area contributed by atoms with Gasteiger partial charge in [-0.3, -0.25) is 4.79 Å². The normalized spacial score (nSPS) is 9.31. The molecule has 0 radical (unpaired) electrons. The minimum Gasteiger partial charge on any atom is -0.382 e. The number of ether oxygens (including phenoxy) is 2. The maximum atomic E-state index is 10.7. The minimum atomic E-state index is 0.344. The summed E-state index contributed by atoms with van der Waals surface area (Å²) in [5, 5.41) is 0. The van der Waals surface area contributed by atoms with Crippen LogP contribution in [0.25, 0.3) is 0 Å². The van der Waals surface area contributed by atoms with Crippen LogP contribution in [0.5, 0.6) is 0 Å². The van der Waals surface area contributed by atoms with E-state index in [-0.39, 0.29) is 0 Å². The van der Waals surface area contributed by atoms with Crippen molar-refractivity contribution in [3.05, 3.63) is 35.4 Å². The van der Waals surface area contributed by atoms with Gasteiger partial charge in [0.2, 0.25) is 0 Å². The van der Waals surface area contributed by atoms with Gasteiger partial charge in [0.05, 0.1) is 13.2 Å². The van der Waals surface area contributed by atoms with Crippen LogP contribution in [0, 0.1) is 11.8 Å². The molecule has 0 fully saturated rings. The summed E-state index contributed by atoms with van der Waals surface area (Å²) >= 11 is 0. The molecule has 0 aliphatic heterocycles. The lowest BCUT2D eigenvalue weighted by atomic mass is 10.1. The Morgan fingerprint density at radius 1 is 1.31 bits per heavy atom. The number of hydrogen-bond donors (Lipinski definition) is 0. The highest BCUT2D eigenvalue weighted by atomic mass is 16.5. The third kappa shape index (κ3) is 4.26. The Kier molecular flexibility index (Phi) is 5.94. The predicted octanol–water partition coefficient (Wildman–Crippen LogP) is 1.51. The predicted molar refractivity (Wildman–Crippen MR) is 61.4 cm³/mol. The zero-order valence-corrected chi connectivity index (χ0v) is 9.23. The van der Waals surface area contributed by atoms with Crippen molar-refractivity contribution in [2.45, 2.75) is 0 Å². The van der Waals surface area contributed by atoms with Crippen LogP contribution in [0.1, 0.15) is 15.9 Å². The van der Waals surface area contributed by atoms with Crippen molar-refractivity contribution in [1.29, 1.82) is 0 Å². The fourth-order valence-corrected chi connectivity index (χ4v) is 1.11. The van der Waals surface area contributed by atoms with Crippen LogP contribution in [0.2, 0.25) is 0 Å². The number of carbonyl (C=O) groups excluding carboxylic acids is 1. The number of aldehydes is 1. The first kappa shape index (κ1) is 12.4. The molecule has 0 spiro atoms. The molecule has 16 heavy (non-hydrogen) atoms. The molecule has 0 saturated heterocycles. The van der Waals surface area contributed by atoms with Crippen molar-refractivity contribution < 1.29 is 14.3 Å². The summed E-state index contributed by atoms with van der Waals surface area (Å²) in [6.07, 6.45) is 0.801. The van der Waals surface area contributed by atoms with Gasteiger partial charge in [-0.2, -0.15) is 0 Å². The summed E-state index contributed by atoms with van der Waals surface area (Å²) < 4.78 is 10.0. The fourth-order valence-electron chi connectivity index (χ4n) is 1.11. The number of rotatable bonds is 5. The molecular weight excluding hydrogens is 204 g/mol. The van der Waals surface area contributed by atoms with Crippen molar-refractivity contribution in [1.82, 2.24) is 0 Å². The first-order valence-corrected chi connectivity index (χ1v) is 4.98. The van der Waals surface area contributed by atoms with E-state index in [1.807, 2.05) is 18.2 Å². The summed E-state index contributed by atoms with van der Waals surface area (Å²) in [4.78, 5) is 10.7. The molecule has 0 aliphatic rings. The number of hydrogen-bond acceptors (Lipinski definition) is 3. The largest absolute Gasteiger partial charge is 0.382 e. The van der Waals surface area contributed by atoms with Crippen LogP contribution in [-0.2, 0) is 9.47 Å². The first-order chi connectivity index (χ1) is 7.88. The summed E-state index contributed by atoms with van der Waals surface area (Å²) in [7, 11) is 1.62. The Morgan fingerprint density at radius 2 is 2.12 bits per heavy atom. The summed E-state index contributed by atoms with van der Waals surface area (Å²) in [6, 6.07) is 7.21. The van der Waals surface area contributed by atoms with Gasteiger partial charge in [0, 0.05) is 18.2 Å². The van der Waals surface area contributed by atoms with Crippen LogP contribution >= 0.6 is 0 Å². The van der Waals surface area contributed by atoms with Gasteiger partial charge in [0.1, 0.15) is 6.61 Å². The van der Waals surface area contributed by atoms with Crippen LogP contribution in [0.3, 0.4) is 0 Å². The van der Waals surface area contributed by atoms with Gasteiger partial charge in [-0.05, 0) is 6.07 Å². The van der Waals surface area contributed by atoms with E-state index >= 15 is 0 Å². The molecule has 0 unspecified atom stereocenters. The lowest BCUT2D eigenvalue weighted by Crippen LogP contribution is -2.01. The standard InChI is InChI=1S/C13H14O3/c1-15-9-10-16-8-4-7-12-5-2-3-6-13(12)11-14/h2-3,5-6,11H,8-10H2,1H3. The fraction of sp³-hybridized carbons (Fsp3) is 0.308. The third-order valence-electron chi connectivity index (χ3n) is 1.92. The Labute approximate surface area is 95.4 Å². The quantitative estimate of drug-likeness (QED) is 0.427. The van der Waals surface area contributed by atoms with E-state index in [0.29, 0.717) is 25.4 Å². The molecule has 0 bridgehead atoms. The minimum absolute atomic E-state index is 0.344. The second-order valence-corrected chi connectivity index (χ2v) is 3.05. The van der Waals surface area contributed by atoms with Gasteiger partial charge in [-0.25, -0.2) is 0 Å². The molecule has 0 heterocycles. The van der Waals surface area contributed by atoms with Crippen molar-refractivity contribution in [3.63, 3.8) is 0 Å². The number of carbonyl (C=O) groups is 1. The van der Waals surface area contributed by atoms with Crippen molar-refractivity contribution >= 4 is 6.29 Å². The topological polar surface area (TPSA) is 35.5 Å². The molecule has 0 saturated carbocycles. The maximum Gasteiger partial charge on any atom is 0.151 e. The Balaban J connectivity index is 2.46. The lowest BCUT2D eigenvalue weighted by molar-refractivity contribution is 0.0877. The van der Waals surface area contributed by atoms with Gasteiger partial charge in [0.25, 0.3) is 0 Å². The zero-order chi connectivity index (χ0) is 11.6. The van der Waals surface area contributed by atoms with Gasteiger partial charge in [-0.15, -0.1) is 0 Å². The summed E-state index contributed by atoms with van der Waals surface area (Å²) in [5.74, 6) is 5.74. The molecule has 3 heteroatoms. The molecular formula is C13H14O3. The Hall–Kier alpha value is -1.63. The van der Waals surface area contributed by atoms with Crippen LogP contribution in [-0.4, -0.2) is 33.2 Å². The SMILES string of the molecule is COCCOCC#Cc1ccccc1C=O. The van der Waals surface area contributed by atoms with Crippen molar-refractivity contribution in [2.24, 2.45) is 0 Å². The van der Waals surface area contributed by atoms with Crippen LogP contribution in [0.15, 0.2) is 24.3 Å². The van der Waals surface area contributed by atoms with E-state index in [4.69, 9.17) is 9.47 Å². The Bertz CT molecular complexity index is 388. The molecule has 0 amide bonds. The molecule has 1 aromatic rings. The molecule has 1 aromatic carbocycles. The average molecular weight is 218 g/mol. The Morgan fingerprint density at radius 3 is 2.88 bits per heavy atom. The highest BCUT2D eigenvalue weighted by Crippen LogP contribution is 2.03. The summed E-state index contributed by atoms with van der Waals surface area (Å²) in [6.45, 7) is 1.43. The maximum absolute atomic E-state index is 10.7. The third-order valence-corrected chi connectivity index (χ3v) is 1.92. The molecule has 3 nitrogen and oxygen atoms in total. The highest BCUT2D eigenvalue weighted by molar-refractivity contribution is 5.79. The van der Waals surface area contributed by atoms with E-state index in [0.717, 1.165) is 11.8 Å². The van der Waals surface area contributed by atoms with Gasteiger partial charge in [-0.1, -0.05) is 30.0 Å². The molecule has 1 rings (SSSR count). The van der Waals surface area contributed by atoms with Crippen LogP contribution in [0.4, 0.5) is 0 Å². The van der Waals surface area contributed by atoms with E-state index < -0.39 is 0 Å². The first-order valence-electron chi connectivity index (χ1n) is 4.98. The number of methoxy groups -OCH3 is 1. The molecule has 0 aromatic heterocycles. The van der Waals surface area contributed by atoms with E-state index in [1.165, 1.54) is 0 Å². The smallest absolute Gasteiger partial charge is 0.151 e. The molecule has 0 N–H and O–H groups in total. The highest BCUT2D eigenvalue weighted by Gasteiger charge is 1.94. The average Bonchev–Trinajstić information content (AvgIpc) is 2.34. The molecule has 84 valence electrons. The van der Waals surface area contributed by atoms with E-state index in [2.05, 4.69) is 11.8 Å². The van der Waals surface area contributed by atoms with Crippen molar-refractivity contribution in [3.8, 4) is 11.8 Å². The zero-order valence-electron chi connectivity index (χ0n) is 9.23. The van der Waals surface area contributed by atoms with Crippen LogP contribution < -0.4 is 0 Å².